The van der Waals surface area contributed by atoms with Gasteiger partial charge in [0.15, 0.2) is 11.5 Å². The maximum atomic E-state index is 5.97. The Morgan fingerprint density at radius 1 is 1.13 bits per heavy atom. The summed E-state index contributed by atoms with van der Waals surface area (Å²) in [5, 5.41) is 6.15. The van der Waals surface area contributed by atoms with Crippen molar-refractivity contribution in [1.29, 1.82) is 0 Å². The molecule has 114 valence electrons. The Labute approximate surface area is 142 Å². The Hall–Kier alpha value is -2.37. The lowest BCUT2D eigenvalue weighted by molar-refractivity contribution is 1.08. The lowest BCUT2D eigenvalue weighted by Gasteiger charge is -2.07. The molecule has 0 aliphatic rings. The molecule has 3 aromatic heterocycles. The predicted octanol–water partition coefficient (Wildman–Crippen LogP) is 4.72. The summed E-state index contributed by atoms with van der Waals surface area (Å²) in [5.74, 6) is 0.779. The molecular formula is C17H13ClN4S. The normalized spacial score (nSPS) is 11.0. The molecule has 0 saturated heterocycles. The fraction of sp³-hybridized carbons (Fsp3) is 0.0588. The van der Waals surface area contributed by atoms with Crippen LogP contribution < -0.4 is 5.32 Å². The van der Waals surface area contributed by atoms with Crippen molar-refractivity contribution < 1.29 is 0 Å². The SMILES string of the molecule is Clc1ccc(-c2cnc3c(NCc4cccs4)nccn23)cc1. The van der Waals surface area contributed by atoms with Gasteiger partial charge in [0.25, 0.3) is 0 Å². The van der Waals surface area contributed by atoms with E-state index in [9.17, 15) is 0 Å². The molecule has 4 aromatic rings. The van der Waals surface area contributed by atoms with Crippen LogP contribution in [0, 0.1) is 0 Å². The van der Waals surface area contributed by atoms with Crippen molar-refractivity contribution in [2.24, 2.45) is 0 Å². The number of nitrogens with zero attached hydrogens (tertiary/aromatic N) is 3. The fourth-order valence-corrected chi connectivity index (χ4v) is 3.23. The summed E-state index contributed by atoms with van der Waals surface area (Å²) >= 11 is 7.69. The van der Waals surface area contributed by atoms with E-state index in [1.165, 1.54) is 4.88 Å². The molecule has 1 aromatic carbocycles. The number of aromatic nitrogens is 3. The highest BCUT2D eigenvalue weighted by molar-refractivity contribution is 7.09. The van der Waals surface area contributed by atoms with Crippen molar-refractivity contribution in [3.63, 3.8) is 0 Å². The number of halogens is 1. The second-order valence-electron chi connectivity index (χ2n) is 5.05. The predicted molar refractivity (Wildman–Crippen MR) is 95.1 cm³/mol. The monoisotopic (exact) mass is 340 g/mol. The van der Waals surface area contributed by atoms with Crippen LogP contribution in [0.3, 0.4) is 0 Å². The average molecular weight is 341 g/mol. The van der Waals surface area contributed by atoms with Crippen molar-refractivity contribution in [2.75, 3.05) is 5.32 Å². The largest absolute Gasteiger partial charge is 0.362 e. The van der Waals surface area contributed by atoms with Crippen molar-refractivity contribution in [3.8, 4) is 11.3 Å². The minimum absolute atomic E-state index is 0.725. The Kier molecular flexibility index (Phi) is 3.73. The Morgan fingerprint density at radius 3 is 2.78 bits per heavy atom. The molecule has 4 rings (SSSR count). The van der Waals surface area contributed by atoms with Gasteiger partial charge in [-0.2, -0.15) is 0 Å². The average Bonchev–Trinajstić information content (AvgIpc) is 3.23. The van der Waals surface area contributed by atoms with E-state index >= 15 is 0 Å². The first-order chi connectivity index (χ1) is 11.3. The van der Waals surface area contributed by atoms with Gasteiger partial charge in [-0.1, -0.05) is 29.8 Å². The summed E-state index contributed by atoms with van der Waals surface area (Å²) in [4.78, 5) is 10.2. The van der Waals surface area contributed by atoms with Crippen LogP contribution in [0.1, 0.15) is 4.88 Å². The van der Waals surface area contributed by atoms with E-state index in [1.54, 1.807) is 17.5 Å². The van der Waals surface area contributed by atoms with E-state index in [4.69, 9.17) is 11.6 Å². The van der Waals surface area contributed by atoms with Crippen molar-refractivity contribution in [3.05, 3.63) is 70.3 Å². The van der Waals surface area contributed by atoms with Crippen LogP contribution in [0.4, 0.5) is 5.82 Å². The lowest BCUT2D eigenvalue weighted by Crippen LogP contribution is -2.02. The second kappa shape index (κ2) is 6.02. The van der Waals surface area contributed by atoms with Gasteiger partial charge in [-0.25, -0.2) is 9.97 Å². The molecule has 0 radical (unpaired) electrons. The second-order valence-corrected chi connectivity index (χ2v) is 6.52. The topological polar surface area (TPSA) is 42.2 Å². The van der Waals surface area contributed by atoms with E-state index < -0.39 is 0 Å². The number of hydrogen-bond donors (Lipinski definition) is 1. The highest BCUT2D eigenvalue weighted by Gasteiger charge is 2.10. The van der Waals surface area contributed by atoms with Crippen LogP contribution in [0.2, 0.25) is 5.02 Å². The molecule has 0 spiro atoms. The summed E-state index contributed by atoms with van der Waals surface area (Å²) in [6, 6.07) is 11.9. The molecule has 0 amide bonds. The number of rotatable bonds is 4. The van der Waals surface area contributed by atoms with Crippen LogP contribution in [0.25, 0.3) is 16.9 Å². The fourth-order valence-electron chi connectivity index (χ4n) is 2.46. The molecule has 1 N–H and O–H groups in total. The van der Waals surface area contributed by atoms with Crippen LogP contribution in [-0.4, -0.2) is 14.4 Å². The molecule has 0 bridgehead atoms. The highest BCUT2D eigenvalue weighted by Crippen LogP contribution is 2.25. The van der Waals surface area contributed by atoms with Gasteiger partial charge in [0, 0.05) is 27.9 Å². The Morgan fingerprint density at radius 2 is 2.00 bits per heavy atom. The molecule has 23 heavy (non-hydrogen) atoms. The standard InChI is InChI=1S/C17H13ClN4S/c18-13-5-3-12(4-6-13)15-11-21-17-16(19-7-8-22(15)17)20-10-14-2-1-9-23-14/h1-9,11H,10H2,(H,19,20). The first kappa shape index (κ1) is 14.2. The number of benzene rings is 1. The number of fused-ring (bicyclic) bond motifs is 1. The van der Waals surface area contributed by atoms with Crippen molar-refractivity contribution in [1.82, 2.24) is 14.4 Å². The lowest BCUT2D eigenvalue weighted by atomic mass is 10.2. The molecule has 0 unspecified atom stereocenters. The zero-order chi connectivity index (χ0) is 15.6. The molecule has 6 heteroatoms. The molecule has 3 heterocycles. The minimum Gasteiger partial charge on any atom is -0.362 e. The zero-order valence-electron chi connectivity index (χ0n) is 12.1. The minimum atomic E-state index is 0.725. The molecule has 0 aliphatic carbocycles. The molecule has 0 fully saturated rings. The maximum absolute atomic E-state index is 5.97. The first-order valence-electron chi connectivity index (χ1n) is 7.15. The smallest absolute Gasteiger partial charge is 0.180 e. The van der Waals surface area contributed by atoms with Gasteiger partial charge in [-0.3, -0.25) is 4.40 Å². The number of anilines is 1. The van der Waals surface area contributed by atoms with Crippen LogP contribution >= 0.6 is 22.9 Å². The molecule has 0 saturated carbocycles. The van der Waals surface area contributed by atoms with E-state index in [-0.39, 0.29) is 0 Å². The first-order valence-corrected chi connectivity index (χ1v) is 8.41. The zero-order valence-corrected chi connectivity index (χ0v) is 13.7. The van der Waals surface area contributed by atoms with Gasteiger partial charge in [0.2, 0.25) is 0 Å². The number of nitrogens with one attached hydrogen (secondary N) is 1. The third kappa shape index (κ3) is 2.81. The van der Waals surface area contributed by atoms with E-state index in [0.717, 1.165) is 34.3 Å². The van der Waals surface area contributed by atoms with Crippen molar-refractivity contribution >= 4 is 34.4 Å². The van der Waals surface area contributed by atoms with Crippen LogP contribution in [-0.2, 0) is 6.54 Å². The number of hydrogen-bond acceptors (Lipinski definition) is 4. The van der Waals surface area contributed by atoms with Gasteiger partial charge >= 0.3 is 0 Å². The van der Waals surface area contributed by atoms with Crippen LogP contribution in [0.5, 0.6) is 0 Å². The number of thiophene rings is 1. The number of imidazole rings is 1. The summed E-state index contributed by atoms with van der Waals surface area (Å²) in [5.41, 5.74) is 2.89. The quantitative estimate of drug-likeness (QED) is 0.584. The van der Waals surface area contributed by atoms with E-state index in [1.807, 2.05) is 47.1 Å². The van der Waals surface area contributed by atoms with Gasteiger partial charge in [0.05, 0.1) is 18.4 Å². The molecule has 4 nitrogen and oxygen atoms in total. The van der Waals surface area contributed by atoms with Gasteiger partial charge in [-0.15, -0.1) is 11.3 Å². The summed E-state index contributed by atoms with van der Waals surface area (Å²) in [6.45, 7) is 0.744. The van der Waals surface area contributed by atoms with E-state index in [0.29, 0.717) is 0 Å². The third-order valence-electron chi connectivity index (χ3n) is 3.58. The summed E-state index contributed by atoms with van der Waals surface area (Å²) < 4.78 is 2.03. The Bertz CT molecular complexity index is 929. The van der Waals surface area contributed by atoms with Gasteiger partial charge in [-0.05, 0) is 23.6 Å². The van der Waals surface area contributed by atoms with Gasteiger partial charge < -0.3 is 5.32 Å². The van der Waals surface area contributed by atoms with E-state index in [2.05, 4.69) is 26.7 Å². The van der Waals surface area contributed by atoms with Crippen LogP contribution in [0.15, 0.2) is 60.4 Å². The van der Waals surface area contributed by atoms with Crippen molar-refractivity contribution in [2.45, 2.75) is 6.54 Å². The molecule has 0 aliphatic heterocycles. The highest BCUT2D eigenvalue weighted by atomic mass is 35.5. The maximum Gasteiger partial charge on any atom is 0.180 e. The molecule has 0 atom stereocenters. The van der Waals surface area contributed by atoms with Gasteiger partial charge in [0.1, 0.15) is 0 Å². The third-order valence-corrected chi connectivity index (χ3v) is 4.71. The Balaban J connectivity index is 1.70. The molecular weight excluding hydrogens is 328 g/mol. The summed E-state index contributed by atoms with van der Waals surface area (Å²) in [6.07, 6.45) is 5.56. The summed E-state index contributed by atoms with van der Waals surface area (Å²) in [7, 11) is 0.